The molecule has 1 aromatic carbocycles. The summed E-state index contributed by atoms with van der Waals surface area (Å²) in [6.07, 6.45) is 4.95. The summed E-state index contributed by atoms with van der Waals surface area (Å²) in [7, 11) is 0. The number of rotatable bonds is 5. The van der Waals surface area contributed by atoms with Crippen LogP contribution in [-0.2, 0) is 13.1 Å². The third-order valence-corrected chi connectivity index (χ3v) is 3.62. The third kappa shape index (κ3) is 3.38. The highest BCUT2D eigenvalue weighted by Gasteiger charge is 2.04. The van der Waals surface area contributed by atoms with Crippen LogP contribution in [0.5, 0.6) is 0 Å². The average Bonchev–Trinajstić information content (AvgIpc) is 2.76. The van der Waals surface area contributed by atoms with Gasteiger partial charge in [0.25, 0.3) is 0 Å². The SMILES string of the molecule is CCCn1ccnc1CNc1ccc(I)cc1Cl. The zero-order valence-corrected chi connectivity index (χ0v) is 13.1. The number of nitrogens with one attached hydrogen (secondary N) is 1. The third-order valence-electron chi connectivity index (χ3n) is 2.63. The van der Waals surface area contributed by atoms with Crippen molar-refractivity contribution in [3.63, 3.8) is 0 Å². The molecule has 1 heterocycles. The van der Waals surface area contributed by atoms with Crippen molar-refractivity contribution in [2.75, 3.05) is 5.32 Å². The maximum Gasteiger partial charge on any atom is 0.128 e. The summed E-state index contributed by atoms with van der Waals surface area (Å²) in [4.78, 5) is 4.35. The first-order valence-electron chi connectivity index (χ1n) is 5.89. The van der Waals surface area contributed by atoms with Crippen molar-refractivity contribution >= 4 is 39.9 Å². The van der Waals surface area contributed by atoms with Gasteiger partial charge in [-0.3, -0.25) is 0 Å². The Morgan fingerprint density at radius 1 is 1.44 bits per heavy atom. The Hall–Kier alpha value is -0.750. The first kappa shape index (κ1) is 13.7. The van der Waals surface area contributed by atoms with Gasteiger partial charge < -0.3 is 9.88 Å². The van der Waals surface area contributed by atoms with Crippen LogP contribution in [0.2, 0.25) is 5.02 Å². The zero-order valence-electron chi connectivity index (χ0n) is 10.2. The summed E-state index contributed by atoms with van der Waals surface area (Å²) >= 11 is 8.42. The number of aryl methyl sites for hydroxylation is 1. The van der Waals surface area contributed by atoms with E-state index >= 15 is 0 Å². The van der Waals surface area contributed by atoms with E-state index in [2.05, 4.69) is 44.4 Å². The first-order chi connectivity index (χ1) is 8.70. The molecule has 0 aliphatic carbocycles. The molecule has 0 atom stereocenters. The fraction of sp³-hybridized carbons (Fsp3) is 0.308. The van der Waals surface area contributed by atoms with Crippen LogP contribution in [-0.4, -0.2) is 9.55 Å². The lowest BCUT2D eigenvalue weighted by atomic mass is 10.3. The van der Waals surface area contributed by atoms with Crippen LogP contribution in [0.25, 0.3) is 0 Å². The normalized spacial score (nSPS) is 10.6. The number of halogens is 2. The Morgan fingerprint density at radius 2 is 2.28 bits per heavy atom. The summed E-state index contributed by atoms with van der Waals surface area (Å²) < 4.78 is 3.30. The standard InChI is InChI=1S/C13H15ClIN3/c1-2-6-18-7-5-16-13(18)9-17-12-4-3-10(15)8-11(12)14/h3-5,7-8,17H,2,6,9H2,1H3. The lowest BCUT2D eigenvalue weighted by Crippen LogP contribution is -2.08. The van der Waals surface area contributed by atoms with Gasteiger partial charge in [-0.1, -0.05) is 18.5 Å². The second-order valence-electron chi connectivity index (χ2n) is 4.01. The van der Waals surface area contributed by atoms with Crippen LogP contribution < -0.4 is 5.32 Å². The van der Waals surface area contributed by atoms with Gasteiger partial charge in [-0.2, -0.15) is 0 Å². The molecule has 0 bridgehead atoms. The molecule has 1 N–H and O–H groups in total. The molecule has 18 heavy (non-hydrogen) atoms. The molecule has 5 heteroatoms. The van der Waals surface area contributed by atoms with Crippen LogP contribution in [0.15, 0.2) is 30.6 Å². The van der Waals surface area contributed by atoms with Gasteiger partial charge >= 0.3 is 0 Å². The number of hydrogen-bond acceptors (Lipinski definition) is 2. The van der Waals surface area contributed by atoms with Crippen LogP contribution in [0.4, 0.5) is 5.69 Å². The van der Waals surface area contributed by atoms with Gasteiger partial charge in [0.1, 0.15) is 5.82 Å². The monoisotopic (exact) mass is 375 g/mol. The van der Waals surface area contributed by atoms with Crippen molar-refractivity contribution in [2.45, 2.75) is 26.4 Å². The molecule has 96 valence electrons. The minimum absolute atomic E-state index is 0.688. The van der Waals surface area contributed by atoms with E-state index in [9.17, 15) is 0 Å². The highest BCUT2D eigenvalue weighted by atomic mass is 127. The average molecular weight is 376 g/mol. The topological polar surface area (TPSA) is 29.9 Å². The number of aromatic nitrogens is 2. The molecule has 0 aliphatic heterocycles. The lowest BCUT2D eigenvalue weighted by Gasteiger charge is -2.10. The van der Waals surface area contributed by atoms with E-state index in [1.165, 1.54) is 0 Å². The molecule has 0 aliphatic rings. The fourth-order valence-corrected chi connectivity index (χ4v) is 2.68. The Kier molecular flexibility index (Phi) is 4.88. The van der Waals surface area contributed by atoms with E-state index in [4.69, 9.17) is 11.6 Å². The van der Waals surface area contributed by atoms with Crippen molar-refractivity contribution in [1.82, 2.24) is 9.55 Å². The maximum absolute atomic E-state index is 6.18. The Morgan fingerprint density at radius 3 is 3.00 bits per heavy atom. The maximum atomic E-state index is 6.18. The molecular weight excluding hydrogens is 361 g/mol. The largest absolute Gasteiger partial charge is 0.377 e. The molecule has 0 spiro atoms. The summed E-state index contributed by atoms with van der Waals surface area (Å²) in [6, 6.07) is 5.98. The Bertz CT molecular complexity index is 525. The minimum atomic E-state index is 0.688. The van der Waals surface area contributed by atoms with Gasteiger partial charge in [-0.15, -0.1) is 0 Å². The van der Waals surface area contributed by atoms with E-state index in [0.29, 0.717) is 6.54 Å². The first-order valence-corrected chi connectivity index (χ1v) is 7.35. The van der Waals surface area contributed by atoms with Gasteiger partial charge in [0.2, 0.25) is 0 Å². The fourth-order valence-electron chi connectivity index (χ4n) is 1.76. The van der Waals surface area contributed by atoms with Gasteiger partial charge in [0, 0.05) is 22.5 Å². The molecule has 0 unspecified atom stereocenters. The van der Waals surface area contributed by atoms with E-state index in [1.807, 2.05) is 30.6 Å². The Labute approximate surface area is 126 Å². The van der Waals surface area contributed by atoms with Gasteiger partial charge in [-0.05, 0) is 47.2 Å². The molecule has 0 fully saturated rings. The Balaban J connectivity index is 2.04. The minimum Gasteiger partial charge on any atom is -0.377 e. The summed E-state index contributed by atoms with van der Waals surface area (Å²) in [5.41, 5.74) is 0.947. The molecule has 1 aromatic heterocycles. The van der Waals surface area contributed by atoms with E-state index in [0.717, 1.165) is 33.1 Å². The number of imidazole rings is 1. The van der Waals surface area contributed by atoms with Crippen molar-refractivity contribution in [2.24, 2.45) is 0 Å². The quantitative estimate of drug-likeness (QED) is 0.795. The van der Waals surface area contributed by atoms with Crippen molar-refractivity contribution in [3.05, 3.63) is 45.0 Å². The van der Waals surface area contributed by atoms with Crippen molar-refractivity contribution in [3.8, 4) is 0 Å². The molecule has 2 rings (SSSR count). The summed E-state index contributed by atoms with van der Waals surface area (Å²) in [6.45, 7) is 3.85. The van der Waals surface area contributed by atoms with Crippen LogP contribution in [0.3, 0.4) is 0 Å². The highest BCUT2D eigenvalue weighted by molar-refractivity contribution is 14.1. The van der Waals surface area contributed by atoms with Crippen molar-refractivity contribution < 1.29 is 0 Å². The van der Waals surface area contributed by atoms with Crippen molar-refractivity contribution in [1.29, 1.82) is 0 Å². The molecule has 0 radical (unpaired) electrons. The lowest BCUT2D eigenvalue weighted by molar-refractivity contribution is 0.644. The second-order valence-corrected chi connectivity index (χ2v) is 5.67. The number of benzene rings is 1. The van der Waals surface area contributed by atoms with Gasteiger partial charge in [0.05, 0.1) is 17.3 Å². The predicted molar refractivity (Wildman–Crippen MR) is 84.0 cm³/mol. The van der Waals surface area contributed by atoms with E-state index in [-0.39, 0.29) is 0 Å². The van der Waals surface area contributed by atoms with Crippen LogP contribution >= 0.6 is 34.2 Å². The predicted octanol–water partition coefficient (Wildman–Crippen LogP) is 4.16. The number of hydrogen-bond donors (Lipinski definition) is 1. The molecule has 3 nitrogen and oxygen atoms in total. The number of anilines is 1. The molecule has 0 saturated carbocycles. The zero-order chi connectivity index (χ0) is 13.0. The van der Waals surface area contributed by atoms with Crippen LogP contribution in [0.1, 0.15) is 19.2 Å². The number of nitrogens with zero attached hydrogens (tertiary/aromatic N) is 2. The summed E-state index contributed by atoms with van der Waals surface area (Å²) in [5, 5.41) is 4.07. The highest BCUT2D eigenvalue weighted by Crippen LogP contribution is 2.24. The molecule has 0 amide bonds. The van der Waals surface area contributed by atoms with Gasteiger partial charge in [-0.25, -0.2) is 4.98 Å². The van der Waals surface area contributed by atoms with Crippen LogP contribution in [0, 0.1) is 3.57 Å². The van der Waals surface area contributed by atoms with Gasteiger partial charge in [0.15, 0.2) is 0 Å². The molecule has 0 saturated heterocycles. The van der Waals surface area contributed by atoms with E-state index in [1.54, 1.807) is 0 Å². The smallest absolute Gasteiger partial charge is 0.128 e. The summed E-state index contributed by atoms with van der Waals surface area (Å²) in [5.74, 6) is 1.03. The molecule has 2 aromatic rings. The second kappa shape index (κ2) is 6.43. The molecular formula is C13H15ClIN3. The van der Waals surface area contributed by atoms with E-state index < -0.39 is 0 Å².